The summed E-state index contributed by atoms with van der Waals surface area (Å²) in [5.41, 5.74) is 0.839. The lowest BCUT2D eigenvalue weighted by molar-refractivity contribution is 0.287. The first-order chi connectivity index (χ1) is 12.5. The minimum absolute atomic E-state index is 0.320. The fourth-order valence-corrected chi connectivity index (χ4v) is 2.86. The van der Waals surface area contributed by atoms with Crippen LogP contribution in [0.5, 0.6) is 11.5 Å². The molecule has 0 amide bonds. The first-order valence-electron chi connectivity index (χ1n) is 8.49. The van der Waals surface area contributed by atoms with E-state index in [4.69, 9.17) is 9.47 Å². The number of benzene rings is 1. The molecule has 1 N–H and O–H groups in total. The van der Waals surface area contributed by atoms with E-state index in [-0.39, 0.29) is 5.56 Å². The van der Waals surface area contributed by atoms with Gasteiger partial charge < -0.3 is 14.5 Å². The van der Waals surface area contributed by atoms with E-state index in [1.54, 1.807) is 7.05 Å². The van der Waals surface area contributed by atoms with Crippen LogP contribution in [0, 0.1) is 0 Å². The maximum atomic E-state index is 12.3. The van der Waals surface area contributed by atoms with Gasteiger partial charge in [-0.15, -0.1) is 0 Å². The summed E-state index contributed by atoms with van der Waals surface area (Å²) >= 11 is 0. The highest BCUT2D eigenvalue weighted by Crippen LogP contribution is 2.29. The molecule has 3 aromatic rings. The Balaban J connectivity index is 2.00. The van der Waals surface area contributed by atoms with Crippen LogP contribution in [0.25, 0.3) is 11.2 Å². The van der Waals surface area contributed by atoms with Gasteiger partial charge in [0, 0.05) is 20.5 Å². The van der Waals surface area contributed by atoms with Gasteiger partial charge in [0.1, 0.15) is 11.3 Å². The lowest BCUT2D eigenvalue weighted by Gasteiger charge is -2.12. The Morgan fingerprint density at radius 2 is 1.73 bits per heavy atom. The van der Waals surface area contributed by atoms with Crippen molar-refractivity contribution < 1.29 is 9.47 Å². The molecular weight excluding hydrogens is 336 g/mol. The second-order valence-corrected chi connectivity index (χ2v) is 5.91. The zero-order chi connectivity index (χ0) is 18.8. The van der Waals surface area contributed by atoms with Crippen LogP contribution in [-0.2, 0) is 20.5 Å². The van der Waals surface area contributed by atoms with Crippen LogP contribution in [0.2, 0.25) is 0 Å². The molecule has 0 spiro atoms. The van der Waals surface area contributed by atoms with E-state index in [2.05, 4.69) is 9.97 Å². The normalized spacial score (nSPS) is 11.1. The summed E-state index contributed by atoms with van der Waals surface area (Å²) < 4.78 is 13.6. The Bertz CT molecular complexity index is 1060. The van der Waals surface area contributed by atoms with Crippen LogP contribution in [0.3, 0.4) is 0 Å². The molecule has 1 aromatic carbocycles. The Morgan fingerprint density at radius 3 is 2.42 bits per heavy atom. The molecule has 0 radical (unpaired) electrons. The Kier molecular flexibility index (Phi) is 4.83. The van der Waals surface area contributed by atoms with Crippen LogP contribution < -0.4 is 20.7 Å². The average molecular weight is 358 g/mol. The minimum atomic E-state index is -0.403. The first kappa shape index (κ1) is 17.8. The summed E-state index contributed by atoms with van der Waals surface area (Å²) in [7, 11) is 3.05. The fraction of sp³-hybridized carbons (Fsp3) is 0.389. The van der Waals surface area contributed by atoms with Crippen molar-refractivity contribution >= 4 is 11.2 Å². The van der Waals surface area contributed by atoms with Crippen LogP contribution in [0.15, 0.2) is 27.8 Å². The van der Waals surface area contributed by atoms with E-state index in [9.17, 15) is 9.59 Å². The number of aromatic nitrogens is 4. The average Bonchev–Trinajstić information content (AvgIpc) is 3.05. The highest BCUT2D eigenvalue weighted by atomic mass is 16.5. The number of imidazole rings is 1. The van der Waals surface area contributed by atoms with Gasteiger partial charge in [0.05, 0.1) is 13.2 Å². The van der Waals surface area contributed by atoms with Gasteiger partial charge in [-0.3, -0.25) is 13.9 Å². The minimum Gasteiger partial charge on any atom is -0.490 e. The van der Waals surface area contributed by atoms with Crippen LogP contribution in [-0.4, -0.2) is 32.3 Å². The Hall–Kier alpha value is -3.03. The highest BCUT2D eigenvalue weighted by molar-refractivity contribution is 5.69. The molecule has 0 aliphatic heterocycles. The molecule has 0 unspecified atom stereocenters. The third-order valence-corrected chi connectivity index (χ3v) is 4.12. The van der Waals surface area contributed by atoms with Crippen LogP contribution in [0.4, 0.5) is 0 Å². The number of hydrogen-bond donors (Lipinski definition) is 1. The lowest BCUT2D eigenvalue weighted by atomic mass is 10.1. The maximum Gasteiger partial charge on any atom is 0.332 e. The summed E-state index contributed by atoms with van der Waals surface area (Å²) in [4.78, 5) is 31.8. The fourth-order valence-electron chi connectivity index (χ4n) is 2.86. The predicted octanol–water partition coefficient (Wildman–Crippen LogP) is 1.35. The van der Waals surface area contributed by atoms with E-state index < -0.39 is 5.69 Å². The summed E-state index contributed by atoms with van der Waals surface area (Å²) in [5, 5.41) is 0. The van der Waals surface area contributed by atoms with Crippen molar-refractivity contribution in [3.63, 3.8) is 0 Å². The van der Waals surface area contributed by atoms with Crippen molar-refractivity contribution in [2.24, 2.45) is 14.1 Å². The molecule has 138 valence electrons. The van der Waals surface area contributed by atoms with Crippen molar-refractivity contribution in [3.8, 4) is 11.5 Å². The van der Waals surface area contributed by atoms with E-state index in [1.807, 2.05) is 32.0 Å². The van der Waals surface area contributed by atoms with Gasteiger partial charge in [-0.1, -0.05) is 6.07 Å². The van der Waals surface area contributed by atoms with E-state index >= 15 is 0 Å². The highest BCUT2D eigenvalue weighted by Gasteiger charge is 2.14. The summed E-state index contributed by atoms with van der Waals surface area (Å²) in [6, 6.07) is 5.69. The second kappa shape index (κ2) is 7.07. The zero-order valence-corrected chi connectivity index (χ0v) is 15.3. The number of H-pyrrole nitrogens is 1. The van der Waals surface area contributed by atoms with Crippen molar-refractivity contribution in [3.05, 3.63) is 50.4 Å². The molecule has 0 aliphatic rings. The molecule has 3 rings (SSSR count). The first-order valence-corrected chi connectivity index (χ1v) is 8.49. The molecule has 8 heteroatoms. The van der Waals surface area contributed by atoms with Gasteiger partial charge in [-0.2, -0.15) is 0 Å². The van der Waals surface area contributed by atoms with Crippen molar-refractivity contribution in [2.45, 2.75) is 20.3 Å². The van der Waals surface area contributed by atoms with E-state index in [1.165, 1.54) is 11.6 Å². The molecule has 0 bridgehead atoms. The van der Waals surface area contributed by atoms with Gasteiger partial charge in [0.2, 0.25) is 0 Å². The second-order valence-electron chi connectivity index (χ2n) is 5.91. The number of aryl methyl sites for hydroxylation is 1. The molecule has 0 saturated heterocycles. The predicted molar refractivity (Wildman–Crippen MR) is 98.2 cm³/mol. The van der Waals surface area contributed by atoms with Gasteiger partial charge in [0.15, 0.2) is 17.1 Å². The topological polar surface area (TPSA) is 91.1 Å². The molecule has 2 heterocycles. The maximum absolute atomic E-state index is 12.3. The van der Waals surface area contributed by atoms with Gasteiger partial charge >= 0.3 is 5.69 Å². The summed E-state index contributed by atoms with van der Waals surface area (Å²) in [6.07, 6.45) is 0.471. The van der Waals surface area contributed by atoms with Crippen molar-refractivity contribution in [2.75, 3.05) is 13.2 Å². The number of nitrogens with one attached hydrogen (secondary N) is 1. The van der Waals surface area contributed by atoms with Crippen LogP contribution in [0.1, 0.15) is 25.2 Å². The Labute approximate surface area is 150 Å². The number of aromatic amines is 1. The van der Waals surface area contributed by atoms with Gasteiger partial charge in [-0.25, -0.2) is 9.78 Å². The molecule has 0 aliphatic carbocycles. The Morgan fingerprint density at radius 1 is 1.04 bits per heavy atom. The molecule has 26 heavy (non-hydrogen) atoms. The number of fused-ring (bicyclic) bond motifs is 1. The molecule has 0 fully saturated rings. The molecule has 8 nitrogen and oxygen atoms in total. The molecular formula is C18H22N4O4. The van der Waals surface area contributed by atoms with Gasteiger partial charge in [-0.05, 0) is 31.5 Å². The molecule has 0 atom stereocenters. The lowest BCUT2D eigenvalue weighted by Crippen LogP contribution is -2.36. The molecule has 2 aromatic heterocycles. The van der Waals surface area contributed by atoms with Crippen molar-refractivity contribution in [1.29, 1.82) is 0 Å². The quantitative estimate of drug-likeness (QED) is 0.718. The van der Waals surface area contributed by atoms with Crippen LogP contribution >= 0.6 is 0 Å². The summed E-state index contributed by atoms with van der Waals surface area (Å²) in [6.45, 7) is 4.92. The number of hydrogen-bond acceptors (Lipinski definition) is 5. The van der Waals surface area contributed by atoms with Gasteiger partial charge in [0.25, 0.3) is 5.56 Å². The number of rotatable bonds is 6. The van der Waals surface area contributed by atoms with E-state index in [0.717, 1.165) is 10.1 Å². The largest absolute Gasteiger partial charge is 0.490 e. The number of nitrogens with zero attached hydrogens (tertiary/aromatic N) is 3. The monoisotopic (exact) mass is 358 g/mol. The smallest absolute Gasteiger partial charge is 0.332 e. The zero-order valence-electron chi connectivity index (χ0n) is 15.3. The standard InChI is InChI=1S/C18H22N4O4/c1-5-25-12-8-7-11(9-13(12)26-6-2)10-14-19-15-16(20-14)21(3)18(24)22(4)17(15)23/h7-9H,5-6,10H2,1-4H3,(H,19,20). The van der Waals surface area contributed by atoms with E-state index in [0.29, 0.717) is 48.1 Å². The summed E-state index contributed by atoms with van der Waals surface area (Å²) in [5.74, 6) is 1.97. The SMILES string of the molecule is CCOc1ccc(Cc2nc3c([nH]2)c(=O)n(C)c(=O)n3C)cc1OCC. The third-order valence-electron chi connectivity index (χ3n) is 4.12. The third kappa shape index (κ3) is 3.10. The number of ether oxygens (including phenoxy) is 2. The molecule has 0 saturated carbocycles. The van der Waals surface area contributed by atoms with Crippen molar-refractivity contribution in [1.82, 2.24) is 19.1 Å².